The first-order valence-corrected chi connectivity index (χ1v) is 8.10. The van der Waals surface area contributed by atoms with E-state index in [4.69, 9.17) is 0 Å². The molecule has 0 aromatic heterocycles. The lowest BCUT2D eigenvalue weighted by atomic mass is 9.91. The molecule has 0 fully saturated rings. The number of nitrogens with zero attached hydrogens (tertiary/aromatic N) is 1. The highest BCUT2D eigenvalue weighted by Crippen LogP contribution is 2.61. The van der Waals surface area contributed by atoms with Crippen LogP contribution in [0.1, 0.15) is 20.8 Å². The largest absolute Gasteiger partial charge is 0.513 e. The molecule has 0 aliphatic heterocycles. The van der Waals surface area contributed by atoms with Gasteiger partial charge in [-0.3, -0.25) is 0 Å². The van der Waals surface area contributed by atoms with Crippen molar-refractivity contribution in [1.29, 1.82) is 0 Å². The average molecular weight is 559 g/mol. The Morgan fingerprint density at radius 1 is 0.657 bits per heavy atom. The van der Waals surface area contributed by atoms with Crippen molar-refractivity contribution >= 4 is 12.1 Å². The quantitative estimate of drug-likeness (QED) is 0.182. The van der Waals surface area contributed by atoms with Gasteiger partial charge in [0.2, 0.25) is 0 Å². The van der Waals surface area contributed by atoms with E-state index in [2.05, 4.69) is 14.2 Å². The molecule has 21 heteroatoms. The third-order valence-electron chi connectivity index (χ3n) is 3.63. The van der Waals surface area contributed by atoms with E-state index in [0.29, 0.717) is 0 Å². The van der Waals surface area contributed by atoms with Gasteiger partial charge in [-0.2, -0.15) is 57.1 Å². The molecule has 0 aromatic rings. The minimum Gasteiger partial charge on any atom is -0.465 e. The van der Waals surface area contributed by atoms with Crippen LogP contribution in [0.2, 0.25) is 0 Å². The first-order chi connectivity index (χ1) is 15.0. The Morgan fingerprint density at radius 3 is 1.26 bits per heavy atom. The Balaban J connectivity index is 7.35. The second-order valence-electron chi connectivity index (χ2n) is 7.26. The minimum absolute atomic E-state index is 0.413. The maximum absolute atomic E-state index is 14.8. The van der Waals surface area contributed by atoms with Gasteiger partial charge in [-0.15, -0.1) is 4.48 Å². The monoisotopic (exact) mass is 559 g/mol. The summed E-state index contributed by atoms with van der Waals surface area (Å²) in [7, 11) is -0.413. The van der Waals surface area contributed by atoms with E-state index >= 15 is 0 Å². The molecule has 0 unspecified atom stereocenters. The van der Waals surface area contributed by atoms with Crippen LogP contribution in [0.15, 0.2) is 0 Å². The Hall–Kier alpha value is -2.35. The maximum atomic E-state index is 14.8. The summed E-state index contributed by atoms with van der Waals surface area (Å²) >= 11 is 0. The smallest absolute Gasteiger partial charge is 0.465 e. The van der Waals surface area contributed by atoms with Crippen molar-refractivity contribution in [3.63, 3.8) is 0 Å². The molecule has 6 nitrogen and oxygen atoms in total. The summed E-state index contributed by atoms with van der Waals surface area (Å²) in [5.74, 6) is -19.5. The zero-order chi connectivity index (χ0) is 28.9. The fourth-order valence-corrected chi connectivity index (χ4v) is 2.15. The second kappa shape index (κ2) is 8.95. The van der Waals surface area contributed by atoms with Crippen LogP contribution in [0.4, 0.5) is 70.7 Å². The number of carbonyl (C=O) groups excluding carboxylic acids is 2. The van der Waals surface area contributed by atoms with Crippen LogP contribution in [-0.2, 0) is 19.0 Å². The standard InChI is InChI=1S/C14H12F15NO5/c1-7(2,3)34-6(32)35-14(27,28)10(16,17)8(15,5(31)33-4)30(29)9(11(18,19)20,12(21,22)23)13(24,25)26/h1-4H3/t8-/m1/s1. The number of alkyl halides is 14. The summed E-state index contributed by atoms with van der Waals surface area (Å²) in [4.78, 5) is 22.5. The predicted molar refractivity (Wildman–Crippen MR) is 76.9 cm³/mol. The summed E-state index contributed by atoms with van der Waals surface area (Å²) in [6.07, 6.45) is -34.7. The van der Waals surface area contributed by atoms with Gasteiger partial charge in [0.25, 0.3) is 0 Å². The Morgan fingerprint density at radius 2 is 1.00 bits per heavy atom. The molecule has 0 saturated heterocycles. The van der Waals surface area contributed by atoms with Crippen molar-refractivity contribution in [1.82, 2.24) is 5.12 Å². The topological polar surface area (TPSA) is 65.1 Å². The Bertz CT molecular complexity index is 762. The van der Waals surface area contributed by atoms with Crippen molar-refractivity contribution in [2.24, 2.45) is 0 Å². The van der Waals surface area contributed by atoms with Crippen LogP contribution < -0.4 is 0 Å². The maximum Gasteiger partial charge on any atom is 0.513 e. The lowest BCUT2D eigenvalue weighted by Crippen LogP contribution is -2.81. The second-order valence-corrected chi connectivity index (χ2v) is 7.26. The first kappa shape index (κ1) is 32.7. The molecule has 1 atom stereocenters. The lowest BCUT2D eigenvalue weighted by Gasteiger charge is -2.47. The van der Waals surface area contributed by atoms with Gasteiger partial charge in [0.15, 0.2) is 0 Å². The number of ether oxygens (including phenoxy) is 3. The van der Waals surface area contributed by atoms with E-state index in [-0.39, 0.29) is 0 Å². The van der Waals surface area contributed by atoms with E-state index in [0.717, 1.165) is 20.8 Å². The number of methoxy groups -OCH3 is 1. The van der Waals surface area contributed by atoms with Crippen LogP contribution in [0.3, 0.4) is 0 Å². The Labute approximate surface area is 183 Å². The number of hydrogen-bond donors (Lipinski definition) is 0. The van der Waals surface area contributed by atoms with E-state index in [9.17, 15) is 75.5 Å². The highest BCUT2D eigenvalue weighted by Gasteiger charge is 2.94. The van der Waals surface area contributed by atoms with Crippen LogP contribution >= 0.6 is 0 Å². The van der Waals surface area contributed by atoms with Crippen LogP contribution in [0.5, 0.6) is 0 Å². The molecule has 0 saturated carbocycles. The summed E-state index contributed by atoms with van der Waals surface area (Å²) in [6, 6.07) is 0. The molecule has 0 spiro atoms. The zero-order valence-corrected chi connectivity index (χ0v) is 17.2. The third kappa shape index (κ3) is 5.27. The van der Waals surface area contributed by atoms with Gasteiger partial charge in [0, 0.05) is 0 Å². The normalized spacial score (nSPS) is 16.6. The molecule has 0 aromatic carbocycles. The highest BCUT2D eigenvalue weighted by molar-refractivity contribution is 5.80. The highest BCUT2D eigenvalue weighted by atomic mass is 19.4. The molecule has 208 valence electrons. The van der Waals surface area contributed by atoms with Crippen LogP contribution in [-0.4, -0.2) is 71.8 Å². The van der Waals surface area contributed by atoms with Gasteiger partial charge in [-0.1, -0.05) is 5.12 Å². The predicted octanol–water partition coefficient (Wildman–Crippen LogP) is 5.62. The Kier molecular flexibility index (Phi) is 8.35. The van der Waals surface area contributed by atoms with Crippen molar-refractivity contribution in [3.05, 3.63) is 0 Å². The summed E-state index contributed by atoms with van der Waals surface area (Å²) in [5, 5.41) is -4.56. The van der Waals surface area contributed by atoms with Crippen molar-refractivity contribution in [2.75, 3.05) is 7.11 Å². The number of esters is 1. The number of halogens is 15. The molecular formula is C14H12F15NO5. The minimum atomic E-state index is -8.36. The fourth-order valence-electron chi connectivity index (χ4n) is 2.15. The molecule has 0 heterocycles. The van der Waals surface area contributed by atoms with Crippen molar-refractivity contribution in [2.45, 2.75) is 68.3 Å². The molecule has 0 aliphatic carbocycles. The molecule has 0 amide bonds. The molecule has 0 N–H and O–H groups in total. The lowest BCUT2D eigenvalue weighted by molar-refractivity contribution is -0.487. The molecule has 0 bridgehead atoms. The van der Waals surface area contributed by atoms with Crippen molar-refractivity contribution in [3.8, 4) is 0 Å². The number of rotatable bonds is 6. The van der Waals surface area contributed by atoms with E-state index in [1.807, 2.05) is 0 Å². The van der Waals surface area contributed by atoms with Gasteiger partial charge < -0.3 is 14.2 Å². The van der Waals surface area contributed by atoms with Gasteiger partial charge >= 0.3 is 54.0 Å². The van der Waals surface area contributed by atoms with E-state index < -0.39 is 71.8 Å². The number of carbonyl (C=O) groups is 2. The van der Waals surface area contributed by atoms with Gasteiger partial charge in [0.1, 0.15) is 5.60 Å². The number of hydrogen-bond acceptors (Lipinski definition) is 6. The molecule has 0 aliphatic rings. The SMILES string of the molecule is COC(=O)[C@@](F)(N(F)C(C(F)(F)F)(C(F)(F)F)C(F)(F)F)C(F)(F)C(F)(F)OC(=O)OC(C)(C)C. The van der Waals surface area contributed by atoms with Crippen LogP contribution in [0, 0.1) is 0 Å². The molecule has 0 rings (SSSR count). The van der Waals surface area contributed by atoms with E-state index in [1.54, 1.807) is 0 Å². The van der Waals surface area contributed by atoms with E-state index in [1.165, 1.54) is 0 Å². The van der Waals surface area contributed by atoms with Crippen LogP contribution in [0.25, 0.3) is 0 Å². The average Bonchev–Trinajstić information content (AvgIpc) is 2.53. The van der Waals surface area contributed by atoms with Gasteiger partial charge in [-0.05, 0) is 20.8 Å². The van der Waals surface area contributed by atoms with Crippen molar-refractivity contribution < 1.29 is 89.7 Å². The van der Waals surface area contributed by atoms with Gasteiger partial charge in [0.05, 0.1) is 7.11 Å². The first-order valence-electron chi connectivity index (χ1n) is 8.10. The summed E-state index contributed by atoms with van der Waals surface area (Å²) in [6.45, 7) is 2.56. The fraction of sp³-hybridized carbons (Fsp3) is 0.857. The third-order valence-corrected chi connectivity index (χ3v) is 3.63. The van der Waals surface area contributed by atoms with Gasteiger partial charge in [-0.25, -0.2) is 14.0 Å². The summed E-state index contributed by atoms with van der Waals surface area (Å²) in [5.41, 5.74) is -10.2. The summed E-state index contributed by atoms with van der Waals surface area (Å²) < 4.78 is 212. The molecule has 35 heavy (non-hydrogen) atoms. The zero-order valence-electron chi connectivity index (χ0n) is 17.2. The molecule has 0 radical (unpaired) electrons. The molecular weight excluding hydrogens is 547 g/mol.